The van der Waals surface area contributed by atoms with E-state index in [1.807, 2.05) is 13.8 Å². The predicted octanol–water partition coefficient (Wildman–Crippen LogP) is 2.54. The third kappa shape index (κ3) is 2.91. The Balaban J connectivity index is 2.22. The van der Waals surface area contributed by atoms with Crippen molar-refractivity contribution in [1.29, 1.82) is 0 Å². The van der Waals surface area contributed by atoms with Gasteiger partial charge in [0.25, 0.3) is 5.88 Å². The van der Waals surface area contributed by atoms with E-state index in [1.54, 1.807) is 12.1 Å². The topological polar surface area (TPSA) is 59.9 Å². The molecule has 2 aromatic heterocycles. The van der Waals surface area contributed by atoms with E-state index in [0.717, 1.165) is 11.9 Å². The molecule has 18 heavy (non-hydrogen) atoms. The summed E-state index contributed by atoms with van der Waals surface area (Å²) < 4.78 is 18.8. The van der Waals surface area contributed by atoms with E-state index in [-0.39, 0.29) is 5.88 Å². The van der Waals surface area contributed by atoms with Gasteiger partial charge in [0, 0.05) is 12.2 Å². The maximum Gasteiger partial charge on any atom is 0.260 e. The minimum Gasteiger partial charge on any atom is -0.435 e. The second-order valence-electron chi connectivity index (χ2n) is 3.61. The number of aromatic nitrogens is 3. The first kappa shape index (κ1) is 12.2. The maximum absolute atomic E-state index is 13.5. The number of ether oxygens (including phenoxy) is 1. The number of aryl methyl sites for hydroxylation is 1. The van der Waals surface area contributed by atoms with Gasteiger partial charge in [0.05, 0.1) is 12.4 Å². The van der Waals surface area contributed by atoms with Gasteiger partial charge in [-0.3, -0.25) is 4.98 Å². The zero-order chi connectivity index (χ0) is 13.0. The highest BCUT2D eigenvalue weighted by Crippen LogP contribution is 2.22. The van der Waals surface area contributed by atoms with Gasteiger partial charge in [-0.25, -0.2) is 4.98 Å². The van der Waals surface area contributed by atoms with Gasteiger partial charge in [-0.15, -0.1) is 0 Å². The molecule has 0 bridgehead atoms. The zero-order valence-corrected chi connectivity index (χ0v) is 10.1. The van der Waals surface area contributed by atoms with Gasteiger partial charge < -0.3 is 10.1 Å². The molecule has 0 spiro atoms. The molecule has 2 aromatic rings. The SMILES string of the molecule is CCNc1ncc(F)c(Oc2ccc(C)nc2)n1. The van der Waals surface area contributed by atoms with E-state index in [9.17, 15) is 4.39 Å². The minimum atomic E-state index is -0.614. The Morgan fingerprint density at radius 3 is 2.78 bits per heavy atom. The number of hydrogen-bond donors (Lipinski definition) is 1. The molecule has 0 radical (unpaired) electrons. The van der Waals surface area contributed by atoms with Crippen LogP contribution in [-0.2, 0) is 0 Å². The number of nitrogens with zero attached hydrogens (tertiary/aromatic N) is 3. The van der Waals surface area contributed by atoms with Crippen LogP contribution >= 0.6 is 0 Å². The summed E-state index contributed by atoms with van der Waals surface area (Å²) >= 11 is 0. The molecule has 6 heteroatoms. The van der Waals surface area contributed by atoms with E-state index in [1.165, 1.54) is 6.20 Å². The summed E-state index contributed by atoms with van der Waals surface area (Å²) in [6, 6.07) is 3.48. The summed E-state index contributed by atoms with van der Waals surface area (Å²) in [5.74, 6) is 0.0263. The lowest BCUT2D eigenvalue weighted by Crippen LogP contribution is -2.04. The minimum absolute atomic E-state index is 0.119. The summed E-state index contributed by atoms with van der Waals surface area (Å²) in [7, 11) is 0. The fraction of sp³-hybridized carbons (Fsp3) is 0.250. The smallest absolute Gasteiger partial charge is 0.260 e. The van der Waals surface area contributed by atoms with Gasteiger partial charge in [-0.1, -0.05) is 0 Å². The van der Waals surface area contributed by atoms with Crippen LogP contribution in [0.4, 0.5) is 10.3 Å². The molecule has 2 rings (SSSR count). The summed E-state index contributed by atoms with van der Waals surface area (Å²) in [5, 5.41) is 2.89. The first-order valence-electron chi connectivity index (χ1n) is 5.56. The van der Waals surface area contributed by atoms with Gasteiger partial charge in [0.2, 0.25) is 11.8 Å². The molecule has 0 unspecified atom stereocenters. The third-order valence-corrected chi connectivity index (χ3v) is 2.15. The van der Waals surface area contributed by atoms with E-state index in [2.05, 4.69) is 20.3 Å². The Morgan fingerprint density at radius 1 is 1.28 bits per heavy atom. The Hall–Kier alpha value is -2.24. The van der Waals surface area contributed by atoms with Crippen molar-refractivity contribution in [2.75, 3.05) is 11.9 Å². The van der Waals surface area contributed by atoms with Crippen molar-refractivity contribution < 1.29 is 9.13 Å². The largest absolute Gasteiger partial charge is 0.435 e. The lowest BCUT2D eigenvalue weighted by atomic mass is 10.4. The van der Waals surface area contributed by atoms with Crippen LogP contribution in [-0.4, -0.2) is 21.5 Å². The standard InChI is InChI=1S/C12H13FN4O/c1-3-14-12-16-7-10(13)11(17-12)18-9-5-4-8(2)15-6-9/h4-7H,3H2,1-2H3,(H,14,16,17). The highest BCUT2D eigenvalue weighted by Gasteiger charge is 2.09. The average Bonchev–Trinajstić information content (AvgIpc) is 2.36. The fourth-order valence-corrected chi connectivity index (χ4v) is 1.29. The normalized spacial score (nSPS) is 10.2. The lowest BCUT2D eigenvalue weighted by molar-refractivity contribution is 0.419. The van der Waals surface area contributed by atoms with Crippen molar-refractivity contribution in [3.8, 4) is 11.6 Å². The summed E-state index contributed by atoms with van der Waals surface area (Å²) in [6.07, 6.45) is 2.59. The molecule has 0 aromatic carbocycles. The van der Waals surface area contributed by atoms with E-state index < -0.39 is 5.82 Å². The highest BCUT2D eigenvalue weighted by molar-refractivity contribution is 5.31. The molecule has 2 heterocycles. The lowest BCUT2D eigenvalue weighted by Gasteiger charge is -2.07. The fourth-order valence-electron chi connectivity index (χ4n) is 1.29. The quantitative estimate of drug-likeness (QED) is 0.901. The Morgan fingerprint density at radius 2 is 2.11 bits per heavy atom. The van der Waals surface area contributed by atoms with Gasteiger partial charge in [0.15, 0.2) is 0 Å². The van der Waals surface area contributed by atoms with Crippen LogP contribution in [0.1, 0.15) is 12.6 Å². The number of pyridine rings is 1. The van der Waals surface area contributed by atoms with Crippen molar-refractivity contribution in [2.45, 2.75) is 13.8 Å². The monoisotopic (exact) mass is 248 g/mol. The number of halogens is 1. The van der Waals surface area contributed by atoms with Crippen LogP contribution in [0.15, 0.2) is 24.5 Å². The van der Waals surface area contributed by atoms with Crippen molar-refractivity contribution in [1.82, 2.24) is 15.0 Å². The molecular weight excluding hydrogens is 235 g/mol. The summed E-state index contributed by atoms with van der Waals surface area (Å²) in [5.41, 5.74) is 0.860. The van der Waals surface area contributed by atoms with E-state index >= 15 is 0 Å². The van der Waals surface area contributed by atoms with Crippen molar-refractivity contribution in [3.63, 3.8) is 0 Å². The number of rotatable bonds is 4. The number of anilines is 1. The molecule has 0 fully saturated rings. The molecule has 0 saturated carbocycles. The van der Waals surface area contributed by atoms with Gasteiger partial charge >= 0.3 is 0 Å². The molecule has 0 amide bonds. The predicted molar refractivity (Wildman–Crippen MR) is 65.2 cm³/mol. The second-order valence-corrected chi connectivity index (χ2v) is 3.61. The number of nitrogens with one attached hydrogen (secondary N) is 1. The Bertz CT molecular complexity index is 530. The Labute approximate surface area is 104 Å². The van der Waals surface area contributed by atoms with Gasteiger partial charge in [-0.05, 0) is 26.0 Å². The molecular formula is C12H13FN4O. The van der Waals surface area contributed by atoms with E-state index in [4.69, 9.17) is 4.74 Å². The second kappa shape index (κ2) is 5.39. The Kier molecular flexibility index (Phi) is 3.66. The van der Waals surface area contributed by atoms with Gasteiger partial charge in [0.1, 0.15) is 5.75 Å². The van der Waals surface area contributed by atoms with Crippen molar-refractivity contribution >= 4 is 5.95 Å². The van der Waals surface area contributed by atoms with Crippen LogP contribution in [0, 0.1) is 12.7 Å². The molecule has 1 N–H and O–H groups in total. The van der Waals surface area contributed by atoms with Crippen molar-refractivity contribution in [3.05, 3.63) is 36.0 Å². The third-order valence-electron chi connectivity index (χ3n) is 2.15. The molecule has 5 nitrogen and oxygen atoms in total. The highest BCUT2D eigenvalue weighted by atomic mass is 19.1. The summed E-state index contributed by atoms with van der Waals surface area (Å²) in [6.45, 7) is 4.41. The van der Waals surface area contributed by atoms with Crippen LogP contribution in [0.3, 0.4) is 0 Å². The van der Waals surface area contributed by atoms with Crippen LogP contribution in [0.2, 0.25) is 0 Å². The van der Waals surface area contributed by atoms with Crippen LogP contribution in [0.25, 0.3) is 0 Å². The van der Waals surface area contributed by atoms with E-state index in [0.29, 0.717) is 18.2 Å². The van der Waals surface area contributed by atoms with Crippen LogP contribution in [0.5, 0.6) is 11.6 Å². The zero-order valence-electron chi connectivity index (χ0n) is 10.1. The number of hydrogen-bond acceptors (Lipinski definition) is 5. The average molecular weight is 248 g/mol. The maximum atomic E-state index is 13.5. The van der Waals surface area contributed by atoms with Gasteiger partial charge in [-0.2, -0.15) is 9.37 Å². The first-order chi connectivity index (χ1) is 8.69. The molecule has 0 saturated heterocycles. The molecule has 0 aliphatic carbocycles. The summed E-state index contributed by atoms with van der Waals surface area (Å²) in [4.78, 5) is 11.8. The van der Waals surface area contributed by atoms with Crippen molar-refractivity contribution in [2.24, 2.45) is 0 Å². The van der Waals surface area contributed by atoms with Crippen LogP contribution < -0.4 is 10.1 Å². The molecule has 0 atom stereocenters. The molecule has 94 valence electrons. The molecule has 0 aliphatic rings. The molecule has 0 aliphatic heterocycles. The first-order valence-corrected chi connectivity index (χ1v) is 5.56.